The minimum Gasteiger partial charge on any atom is -0.482 e. The lowest BCUT2D eigenvalue weighted by Gasteiger charge is -2.10. The van der Waals surface area contributed by atoms with Crippen molar-refractivity contribution in [2.24, 2.45) is 0 Å². The van der Waals surface area contributed by atoms with Crippen LogP contribution in [0.5, 0.6) is 5.75 Å². The molecule has 0 aliphatic carbocycles. The molecule has 0 unspecified atom stereocenters. The predicted octanol–water partition coefficient (Wildman–Crippen LogP) is 4.41. The van der Waals surface area contributed by atoms with Crippen LogP contribution in [0.15, 0.2) is 54.6 Å². The third kappa shape index (κ3) is 5.35. The maximum Gasteiger partial charge on any atom is 0.344 e. The van der Waals surface area contributed by atoms with E-state index < -0.39 is 5.97 Å². The summed E-state index contributed by atoms with van der Waals surface area (Å²) in [6.45, 7) is 5.57. The van der Waals surface area contributed by atoms with Crippen molar-refractivity contribution in [3.8, 4) is 5.75 Å². The van der Waals surface area contributed by atoms with Crippen molar-refractivity contribution in [2.45, 2.75) is 27.3 Å². The zero-order chi connectivity index (χ0) is 21.7. The number of hydrogen-bond acceptors (Lipinski definition) is 4. The van der Waals surface area contributed by atoms with Gasteiger partial charge in [0, 0.05) is 23.5 Å². The van der Waals surface area contributed by atoms with Gasteiger partial charge in [-0.1, -0.05) is 24.3 Å². The maximum atomic E-state index is 13.1. The smallest absolute Gasteiger partial charge is 0.344 e. The molecule has 0 N–H and O–H groups in total. The Hall–Kier alpha value is -3.41. The Labute approximate surface area is 175 Å². The lowest BCUT2D eigenvalue weighted by atomic mass is 10.1. The van der Waals surface area contributed by atoms with Crippen LogP contribution >= 0.6 is 0 Å². The summed E-state index contributed by atoms with van der Waals surface area (Å²) < 4.78 is 25.6. The van der Waals surface area contributed by atoms with Gasteiger partial charge in [0.2, 0.25) is 5.78 Å². The first kappa shape index (κ1) is 21.3. The number of aromatic nitrogens is 1. The third-order valence-electron chi connectivity index (χ3n) is 4.84. The van der Waals surface area contributed by atoms with E-state index >= 15 is 0 Å². The number of benzene rings is 2. The summed E-state index contributed by atoms with van der Waals surface area (Å²) in [6, 6.07) is 15.4. The van der Waals surface area contributed by atoms with Crippen molar-refractivity contribution in [1.29, 1.82) is 0 Å². The molecule has 2 aromatic carbocycles. The molecule has 0 bridgehead atoms. The second kappa shape index (κ2) is 9.39. The van der Waals surface area contributed by atoms with Crippen LogP contribution in [0, 0.1) is 26.6 Å². The Morgan fingerprint density at radius 3 is 2.40 bits per heavy atom. The van der Waals surface area contributed by atoms with Crippen molar-refractivity contribution in [3.63, 3.8) is 0 Å². The van der Waals surface area contributed by atoms with Gasteiger partial charge in [-0.05, 0) is 62.2 Å². The number of carbonyl (C=O) groups is 2. The van der Waals surface area contributed by atoms with Gasteiger partial charge < -0.3 is 14.0 Å². The fourth-order valence-corrected chi connectivity index (χ4v) is 3.21. The Balaban J connectivity index is 1.57. The molecule has 0 radical (unpaired) electrons. The van der Waals surface area contributed by atoms with Crippen LogP contribution in [0.25, 0.3) is 0 Å². The molecule has 6 heteroatoms. The number of ketones is 1. The second-order valence-electron chi connectivity index (χ2n) is 7.19. The molecule has 1 aromatic heterocycles. The molecule has 0 spiro atoms. The van der Waals surface area contributed by atoms with E-state index in [2.05, 4.69) is 0 Å². The molecule has 0 amide bonds. The van der Waals surface area contributed by atoms with E-state index in [4.69, 9.17) is 9.47 Å². The molecule has 156 valence electrons. The SMILES string of the molecule is Cc1cccc(OCC(=O)OCC(=O)c2cc(C)n(Cc3ccc(F)cc3)c2C)c1. The number of ether oxygens (including phenoxy) is 2. The molecular formula is C24H24FNO4. The highest BCUT2D eigenvalue weighted by molar-refractivity contribution is 5.99. The molecular weight excluding hydrogens is 385 g/mol. The second-order valence-corrected chi connectivity index (χ2v) is 7.19. The van der Waals surface area contributed by atoms with E-state index in [0.29, 0.717) is 17.9 Å². The average molecular weight is 409 g/mol. The van der Waals surface area contributed by atoms with Crippen molar-refractivity contribution >= 4 is 11.8 Å². The van der Waals surface area contributed by atoms with Gasteiger partial charge >= 0.3 is 5.97 Å². The Kier molecular flexibility index (Phi) is 6.67. The van der Waals surface area contributed by atoms with Crippen molar-refractivity contribution in [3.05, 3.63) is 88.5 Å². The Bertz CT molecular complexity index is 1050. The summed E-state index contributed by atoms with van der Waals surface area (Å²) >= 11 is 0. The van der Waals surface area contributed by atoms with Crippen LogP contribution in [-0.4, -0.2) is 29.5 Å². The number of rotatable bonds is 8. The molecule has 0 aliphatic rings. The zero-order valence-corrected chi connectivity index (χ0v) is 17.3. The fraction of sp³-hybridized carbons (Fsp3) is 0.250. The Morgan fingerprint density at radius 2 is 1.70 bits per heavy atom. The van der Waals surface area contributed by atoms with Crippen molar-refractivity contribution < 1.29 is 23.5 Å². The first-order chi connectivity index (χ1) is 14.3. The molecule has 0 saturated heterocycles. The molecule has 30 heavy (non-hydrogen) atoms. The van der Waals surface area contributed by atoms with Gasteiger partial charge in [-0.3, -0.25) is 4.79 Å². The molecule has 0 aliphatic heterocycles. The standard InChI is InChI=1S/C24H24FNO4/c1-16-5-4-6-21(11-16)29-15-24(28)30-14-23(27)22-12-17(2)26(18(22)3)13-19-7-9-20(25)10-8-19/h4-12H,13-15H2,1-3H3. The Morgan fingerprint density at radius 1 is 0.967 bits per heavy atom. The van der Waals surface area contributed by atoms with Gasteiger partial charge in [0.25, 0.3) is 0 Å². The summed E-state index contributed by atoms with van der Waals surface area (Å²) in [6.07, 6.45) is 0. The lowest BCUT2D eigenvalue weighted by molar-refractivity contribution is -0.144. The van der Waals surface area contributed by atoms with Gasteiger partial charge in [0.1, 0.15) is 11.6 Å². The van der Waals surface area contributed by atoms with Crippen LogP contribution in [0.4, 0.5) is 4.39 Å². The number of nitrogens with zero attached hydrogens (tertiary/aromatic N) is 1. The molecule has 0 fully saturated rings. The number of halogens is 1. The van der Waals surface area contributed by atoms with Gasteiger partial charge in [0.15, 0.2) is 13.2 Å². The highest BCUT2D eigenvalue weighted by atomic mass is 19.1. The predicted molar refractivity (Wildman–Crippen MR) is 111 cm³/mol. The van der Waals surface area contributed by atoms with Crippen LogP contribution < -0.4 is 4.74 Å². The zero-order valence-electron chi connectivity index (χ0n) is 17.3. The quantitative estimate of drug-likeness (QED) is 0.409. The number of carbonyl (C=O) groups excluding carboxylic acids is 2. The summed E-state index contributed by atoms with van der Waals surface area (Å²) in [7, 11) is 0. The number of esters is 1. The van der Waals surface area contributed by atoms with Gasteiger partial charge in [-0.15, -0.1) is 0 Å². The highest BCUT2D eigenvalue weighted by Gasteiger charge is 2.18. The summed E-state index contributed by atoms with van der Waals surface area (Å²) in [5, 5.41) is 0. The van der Waals surface area contributed by atoms with Crippen LogP contribution in [0.1, 0.15) is 32.9 Å². The minimum atomic E-state index is -0.607. The third-order valence-corrected chi connectivity index (χ3v) is 4.84. The molecule has 0 saturated carbocycles. The first-order valence-corrected chi connectivity index (χ1v) is 9.63. The molecule has 5 nitrogen and oxygen atoms in total. The van der Waals surface area contributed by atoms with Crippen molar-refractivity contribution in [2.75, 3.05) is 13.2 Å². The average Bonchev–Trinajstić information content (AvgIpc) is 3.00. The number of hydrogen-bond donors (Lipinski definition) is 0. The van der Waals surface area contributed by atoms with Crippen LogP contribution in [-0.2, 0) is 16.1 Å². The van der Waals surface area contributed by atoms with E-state index in [-0.39, 0.29) is 24.8 Å². The van der Waals surface area contributed by atoms with E-state index in [1.165, 1.54) is 12.1 Å². The van der Waals surface area contributed by atoms with Gasteiger partial charge in [-0.2, -0.15) is 0 Å². The summed E-state index contributed by atoms with van der Waals surface area (Å²) in [4.78, 5) is 24.5. The molecule has 3 aromatic rings. The highest BCUT2D eigenvalue weighted by Crippen LogP contribution is 2.18. The van der Waals surface area contributed by atoms with Crippen molar-refractivity contribution in [1.82, 2.24) is 4.57 Å². The summed E-state index contributed by atoms with van der Waals surface area (Å²) in [5.41, 5.74) is 4.12. The van der Waals surface area contributed by atoms with Gasteiger partial charge in [-0.25, -0.2) is 9.18 Å². The normalized spacial score (nSPS) is 10.7. The van der Waals surface area contributed by atoms with E-state index in [9.17, 15) is 14.0 Å². The van der Waals surface area contributed by atoms with Crippen LogP contribution in [0.3, 0.4) is 0 Å². The number of Topliss-reactive ketones (excluding diaryl/α,β-unsaturated/α-hetero) is 1. The van der Waals surface area contributed by atoms with Crippen LogP contribution in [0.2, 0.25) is 0 Å². The number of aryl methyl sites for hydroxylation is 2. The monoisotopic (exact) mass is 409 g/mol. The largest absolute Gasteiger partial charge is 0.482 e. The topological polar surface area (TPSA) is 57.5 Å². The fourth-order valence-electron chi connectivity index (χ4n) is 3.21. The lowest BCUT2D eigenvalue weighted by Crippen LogP contribution is -2.20. The minimum absolute atomic E-state index is 0.264. The van der Waals surface area contributed by atoms with E-state index in [0.717, 1.165) is 22.5 Å². The summed E-state index contributed by atoms with van der Waals surface area (Å²) in [5.74, 6) is -0.603. The molecule has 3 rings (SSSR count). The molecule has 1 heterocycles. The van der Waals surface area contributed by atoms with E-state index in [1.54, 1.807) is 24.3 Å². The van der Waals surface area contributed by atoms with E-state index in [1.807, 2.05) is 43.5 Å². The molecule has 0 atom stereocenters. The maximum absolute atomic E-state index is 13.1. The first-order valence-electron chi connectivity index (χ1n) is 9.63. The van der Waals surface area contributed by atoms with Gasteiger partial charge in [0.05, 0.1) is 0 Å².